The molecule has 0 heterocycles. The predicted molar refractivity (Wildman–Crippen MR) is 80.3 cm³/mol. The van der Waals surface area contributed by atoms with Crippen molar-refractivity contribution in [2.45, 2.75) is 51.1 Å². The molecule has 1 aliphatic rings. The van der Waals surface area contributed by atoms with Crippen molar-refractivity contribution in [2.75, 3.05) is 0 Å². The molecular formula is C16H22N2O3. The predicted octanol–water partition coefficient (Wildman–Crippen LogP) is 2.10. The summed E-state index contributed by atoms with van der Waals surface area (Å²) in [5.74, 6) is -0.895. The van der Waals surface area contributed by atoms with Crippen molar-refractivity contribution in [1.82, 2.24) is 10.6 Å². The second-order valence-corrected chi connectivity index (χ2v) is 5.53. The first-order valence-corrected chi connectivity index (χ1v) is 7.44. The van der Waals surface area contributed by atoms with E-state index in [4.69, 9.17) is 5.11 Å². The lowest BCUT2D eigenvalue weighted by molar-refractivity contribution is -0.137. The number of benzene rings is 1. The molecule has 1 aromatic carbocycles. The normalized spacial score (nSPS) is 18.4. The van der Waals surface area contributed by atoms with E-state index < -0.39 is 5.97 Å². The number of carboxylic acid groups (broad SMARTS) is 1. The highest BCUT2D eigenvalue weighted by atomic mass is 16.4. The first kappa shape index (κ1) is 15.4. The van der Waals surface area contributed by atoms with Crippen LogP contribution in [0.2, 0.25) is 0 Å². The summed E-state index contributed by atoms with van der Waals surface area (Å²) in [6.45, 7) is 1.87. The second kappa shape index (κ2) is 7.11. The van der Waals surface area contributed by atoms with E-state index in [-0.39, 0.29) is 24.5 Å². The maximum atomic E-state index is 12.0. The molecule has 0 spiro atoms. The fourth-order valence-corrected chi connectivity index (χ4v) is 2.74. The van der Waals surface area contributed by atoms with Crippen LogP contribution in [-0.4, -0.2) is 29.2 Å². The smallest absolute Gasteiger partial charge is 0.315 e. The summed E-state index contributed by atoms with van der Waals surface area (Å²) >= 11 is 0. The van der Waals surface area contributed by atoms with Crippen LogP contribution in [0.25, 0.3) is 0 Å². The molecule has 0 aromatic heterocycles. The fraction of sp³-hybridized carbons (Fsp3) is 0.500. The van der Waals surface area contributed by atoms with Crippen molar-refractivity contribution < 1.29 is 14.7 Å². The lowest BCUT2D eigenvalue weighted by Gasteiger charge is -2.26. The molecule has 2 unspecified atom stereocenters. The minimum absolute atomic E-state index is 0.0442. The molecule has 2 amide bonds. The van der Waals surface area contributed by atoms with E-state index in [1.54, 1.807) is 0 Å². The van der Waals surface area contributed by atoms with Crippen LogP contribution in [-0.2, 0) is 17.6 Å². The van der Waals surface area contributed by atoms with Crippen LogP contribution in [0.15, 0.2) is 24.3 Å². The van der Waals surface area contributed by atoms with Gasteiger partial charge in [0.2, 0.25) is 0 Å². The molecule has 2 atom stereocenters. The number of hydrogen-bond acceptors (Lipinski definition) is 2. The molecule has 0 saturated heterocycles. The third-order valence-electron chi connectivity index (χ3n) is 3.93. The molecule has 3 N–H and O–H groups in total. The fourth-order valence-electron chi connectivity index (χ4n) is 2.74. The van der Waals surface area contributed by atoms with Crippen molar-refractivity contribution in [1.29, 1.82) is 0 Å². The highest BCUT2D eigenvalue weighted by Crippen LogP contribution is 2.20. The van der Waals surface area contributed by atoms with E-state index in [1.807, 2.05) is 19.1 Å². The number of hydrogen-bond donors (Lipinski definition) is 3. The molecule has 0 radical (unpaired) electrons. The van der Waals surface area contributed by atoms with Crippen molar-refractivity contribution in [3.05, 3.63) is 35.4 Å². The number of aryl methyl sites for hydroxylation is 1. The third kappa shape index (κ3) is 4.48. The quantitative estimate of drug-likeness (QED) is 0.777. The van der Waals surface area contributed by atoms with Crippen LogP contribution in [0.1, 0.15) is 37.3 Å². The highest BCUT2D eigenvalue weighted by molar-refractivity contribution is 5.76. The van der Waals surface area contributed by atoms with Gasteiger partial charge in [0.1, 0.15) is 0 Å². The Morgan fingerprint density at radius 2 is 2.05 bits per heavy atom. The van der Waals surface area contributed by atoms with Crippen molar-refractivity contribution in [2.24, 2.45) is 0 Å². The van der Waals surface area contributed by atoms with Crippen LogP contribution >= 0.6 is 0 Å². The molecule has 2 rings (SSSR count). The number of rotatable bonds is 5. The van der Waals surface area contributed by atoms with E-state index in [9.17, 15) is 9.59 Å². The van der Waals surface area contributed by atoms with E-state index in [0.717, 1.165) is 19.3 Å². The Hall–Kier alpha value is -2.04. The monoisotopic (exact) mass is 290 g/mol. The Morgan fingerprint density at radius 1 is 1.33 bits per heavy atom. The molecule has 114 valence electrons. The number of amides is 2. The van der Waals surface area contributed by atoms with Gasteiger partial charge in [0.15, 0.2) is 0 Å². The molecule has 0 fully saturated rings. The van der Waals surface area contributed by atoms with Crippen LogP contribution in [0, 0.1) is 0 Å². The van der Waals surface area contributed by atoms with Gasteiger partial charge < -0.3 is 15.7 Å². The molecule has 5 nitrogen and oxygen atoms in total. The molecule has 1 aromatic rings. The highest BCUT2D eigenvalue weighted by Gasteiger charge is 2.21. The Balaban J connectivity index is 1.85. The van der Waals surface area contributed by atoms with Gasteiger partial charge in [-0.3, -0.25) is 4.79 Å². The first-order chi connectivity index (χ1) is 10.1. The summed E-state index contributed by atoms with van der Waals surface area (Å²) < 4.78 is 0. The number of urea groups is 1. The maximum Gasteiger partial charge on any atom is 0.315 e. The van der Waals surface area contributed by atoms with E-state index in [2.05, 4.69) is 22.8 Å². The minimum atomic E-state index is -0.895. The lowest BCUT2D eigenvalue weighted by atomic mass is 9.88. The van der Waals surface area contributed by atoms with E-state index in [1.165, 1.54) is 11.1 Å². The first-order valence-electron chi connectivity index (χ1n) is 7.44. The summed E-state index contributed by atoms with van der Waals surface area (Å²) in [5.41, 5.74) is 2.64. The van der Waals surface area contributed by atoms with Gasteiger partial charge in [0, 0.05) is 12.1 Å². The molecular weight excluding hydrogens is 268 g/mol. The molecule has 5 heteroatoms. The number of fused-ring (bicyclic) bond motifs is 1. The Labute approximate surface area is 124 Å². The topological polar surface area (TPSA) is 78.4 Å². The minimum Gasteiger partial charge on any atom is -0.481 e. The Morgan fingerprint density at radius 3 is 2.71 bits per heavy atom. The molecule has 21 heavy (non-hydrogen) atoms. The average molecular weight is 290 g/mol. The zero-order valence-electron chi connectivity index (χ0n) is 12.3. The van der Waals surface area contributed by atoms with Gasteiger partial charge in [0.05, 0.1) is 6.42 Å². The Bertz CT molecular complexity index is 516. The van der Waals surface area contributed by atoms with Crippen LogP contribution in [0.3, 0.4) is 0 Å². The number of carbonyl (C=O) groups excluding carboxylic acids is 1. The van der Waals surface area contributed by atoms with E-state index >= 15 is 0 Å². The molecule has 0 saturated carbocycles. The second-order valence-electron chi connectivity index (χ2n) is 5.53. The number of carboxylic acids is 1. The maximum absolute atomic E-state index is 12.0. The van der Waals surface area contributed by atoms with Crippen molar-refractivity contribution in [3.8, 4) is 0 Å². The summed E-state index contributed by atoms with van der Waals surface area (Å²) in [6, 6.07) is 7.80. The SMILES string of the molecule is CCC(CC(=O)O)NC(=O)NC1CCc2ccccc2C1. The van der Waals surface area contributed by atoms with Gasteiger partial charge in [-0.15, -0.1) is 0 Å². The number of carbonyl (C=O) groups is 2. The number of aliphatic carboxylic acids is 1. The zero-order valence-corrected chi connectivity index (χ0v) is 12.3. The van der Waals surface area contributed by atoms with Gasteiger partial charge >= 0.3 is 12.0 Å². The molecule has 0 aliphatic heterocycles. The van der Waals surface area contributed by atoms with Crippen LogP contribution in [0.5, 0.6) is 0 Å². The summed E-state index contributed by atoms with van der Waals surface area (Å²) in [4.78, 5) is 22.7. The zero-order chi connectivity index (χ0) is 15.2. The van der Waals surface area contributed by atoms with E-state index in [0.29, 0.717) is 6.42 Å². The average Bonchev–Trinajstić information content (AvgIpc) is 2.45. The van der Waals surface area contributed by atoms with Crippen molar-refractivity contribution in [3.63, 3.8) is 0 Å². The van der Waals surface area contributed by atoms with Gasteiger partial charge in [-0.05, 0) is 36.8 Å². The third-order valence-corrected chi connectivity index (χ3v) is 3.93. The Kier molecular flexibility index (Phi) is 5.20. The lowest BCUT2D eigenvalue weighted by Crippen LogP contribution is -2.48. The molecule has 0 bridgehead atoms. The van der Waals surface area contributed by atoms with Crippen molar-refractivity contribution >= 4 is 12.0 Å². The van der Waals surface area contributed by atoms with Crippen LogP contribution < -0.4 is 10.6 Å². The summed E-state index contributed by atoms with van der Waals surface area (Å²) in [5, 5.41) is 14.5. The summed E-state index contributed by atoms with van der Waals surface area (Å²) in [7, 11) is 0. The van der Waals surface area contributed by atoms with Gasteiger partial charge in [-0.25, -0.2) is 4.79 Å². The summed E-state index contributed by atoms with van der Waals surface area (Å²) in [6.07, 6.45) is 3.28. The number of nitrogens with one attached hydrogen (secondary N) is 2. The van der Waals surface area contributed by atoms with Gasteiger partial charge in [-0.1, -0.05) is 31.2 Å². The standard InChI is InChI=1S/C16H22N2O3/c1-2-13(10-15(19)20)17-16(21)18-14-8-7-11-5-3-4-6-12(11)9-14/h3-6,13-14H,2,7-10H2,1H3,(H,19,20)(H2,17,18,21). The van der Waals surface area contributed by atoms with Crippen LogP contribution in [0.4, 0.5) is 4.79 Å². The largest absolute Gasteiger partial charge is 0.481 e. The van der Waals surface area contributed by atoms with Gasteiger partial charge in [-0.2, -0.15) is 0 Å². The molecule has 1 aliphatic carbocycles. The van der Waals surface area contributed by atoms with Gasteiger partial charge in [0.25, 0.3) is 0 Å².